The molecule has 0 aromatic rings. The van der Waals surface area contributed by atoms with Crippen LogP contribution in [0.5, 0.6) is 0 Å². The Labute approximate surface area is 165 Å². The average molecular weight is 361 g/mol. The molecule has 4 rings (SSSR count). The lowest BCUT2D eigenvalue weighted by atomic mass is 9.46. The number of rotatable bonds is 6. The van der Waals surface area contributed by atoms with E-state index in [9.17, 15) is 0 Å². The molecule has 4 bridgehead atoms. The minimum Gasteiger partial charge on any atom is -0.0651 e. The Morgan fingerprint density at radius 3 is 2.15 bits per heavy atom. The molecule has 0 heterocycles. The van der Waals surface area contributed by atoms with E-state index in [0.29, 0.717) is 16.2 Å². The van der Waals surface area contributed by atoms with Gasteiger partial charge in [0.15, 0.2) is 0 Å². The van der Waals surface area contributed by atoms with E-state index in [2.05, 4.69) is 41.5 Å². The van der Waals surface area contributed by atoms with E-state index in [0.717, 1.165) is 23.7 Å². The molecule has 0 saturated heterocycles. The Bertz CT molecular complexity index is 457. The maximum absolute atomic E-state index is 2.68. The molecule has 0 heteroatoms. The van der Waals surface area contributed by atoms with Gasteiger partial charge in [-0.05, 0) is 97.7 Å². The lowest BCUT2D eigenvalue weighted by molar-refractivity contribution is -0.0992. The van der Waals surface area contributed by atoms with Crippen LogP contribution in [0.25, 0.3) is 0 Å². The molecule has 26 heavy (non-hydrogen) atoms. The summed E-state index contributed by atoms with van der Waals surface area (Å²) in [5.41, 5.74) is 1.89. The molecule has 152 valence electrons. The highest BCUT2D eigenvalue weighted by Gasteiger charge is 2.59. The first kappa shape index (κ1) is 20.7. The van der Waals surface area contributed by atoms with Gasteiger partial charge in [-0.15, -0.1) is 0 Å². The molecule has 4 fully saturated rings. The fourth-order valence-corrected chi connectivity index (χ4v) is 9.24. The molecule has 5 atom stereocenters. The second kappa shape index (κ2) is 7.79. The zero-order chi connectivity index (χ0) is 19.0. The second-order valence-corrected chi connectivity index (χ2v) is 11.1. The Kier molecular flexibility index (Phi) is 6.21. The summed E-state index contributed by atoms with van der Waals surface area (Å²) in [6.07, 6.45) is 19.4. The highest BCUT2D eigenvalue weighted by Crippen LogP contribution is 2.68. The van der Waals surface area contributed by atoms with Gasteiger partial charge in [-0.3, -0.25) is 0 Å². The fourth-order valence-electron chi connectivity index (χ4n) is 9.24. The van der Waals surface area contributed by atoms with E-state index in [1.54, 1.807) is 32.1 Å². The van der Waals surface area contributed by atoms with Gasteiger partial charge in [0, 0.05) is 0 Å². The molecule has 0 aliphatic heterocycles. The third-order valence-electron chi connectivity index (χ3n) is 10.5. The van der Waals surface area contributed by atoms with Crippen LogP contribution in [0.1, 0.15) is 125 Å². The topological polar surface area (TPSA) is 0 Å². The van der Waals surface area contributed by atoms with Crippen LogP contribution in [-0.4, -0.2) is 0 Å². The third-order valence-corrected chi connectivity index (χ3v) is 10.5. The largest absolute Gasteiger partial charge is 0.0651 e. The summed E-state index contributed by atoms with van der Waals surface area (Å²) in [4.78, 5) is 0. The molecule has 0 spiro atoms. The van der Waals surface area contributed by atoms with E-state index >= 15 is 0 Å². The summed E-state index contributed by atoms with van der Waals surface area (Å²) in [6, 6.07) is 0. The van der Waals surface area contributed by atoms with E-state index in [-0.39, 0.29) is 0 Å². The standard InChI is InChI=1S/C26H48/c1-7-21(8-2)25(9-3,10-4)26-16-11-15-24(6,19-20(5)14-17-26)22-12-13-23(26)18-22/h20-23H,7-19H2,1-6H3. The highest BCUT2D eigenvalue weighted by molar-refractivity contribution is 5.08. The number of hydrogen-bond acceptors (Lipinski definition) is 0. The Balaban J connectivity index is 2.12. The predicted molar refractivity (Wildman–Crippen MR) is 115 cm³/mol. The van der Waals surface area contributed by atoms with E-state index in [1.165, 1.54) is 51.4 Å². The van der Waals surface area contributed by atoms with E-state index in [1.807, 2.05) is 0 Å². The van der Waals surface area contributed by atoms with Crippen LogP contribution in [0.4, 0.5) is 0 Å². The maximum Gasteiger partial charge on any atom is -0.0210 e. The molecule has 0 aromatic carbocycles. The fraction of sp³-hybridized carbons (Fsp3) is 1.00. The van der Waals surface area contributed by atoms with Crippen LogP contribution in [0.15, 0.2) is 0 Å². The van der Waals surface area contributed by atoms with Crippen LogP contribution in [0, 0.1) is 39.9 Å². The first-order chi connectivity index (χ1) is 12.4. The van der Waals surface area contributed by atoms with Crippen molar-refractivity contribution in [1.82, 2.24) is 0 Å². The average Bonchev–Trinajstić information content (AvgIpc) is 3.16. The molecule has 0 N–H and O–H groups in total. The zero-order valence-corrected chi connectivity index (χ0v) is 19.0. The van der Waals surface area contributed by atoms with Gasteiger partial charge in [0.05, 0.1) is 0 Å². The van der Waals surface area contributed by atoms with Crippen molar-refractivity contribution in [2.45, 2.75) is 125 Å². The summed E-state index contributed by atoms with van der Waals surface area (Å²) in [7, 11) is 0. The van der Waals surface area contributed by atoms with Crippen LogP contribution in [0.2, 0.25) is 0 Å². The van der Waals surface area contributed by atoms with Crippen LogP contribution in [-0.2, 0) is 0 Å². The molecule has 4 saturated carbocycles. The summed E-state index contributed by atoms with van der Waals surface area (Å²) >= 11 is 0. The summed E-state index contributed by atoms with van der Waals surface area (Å²) in [5, 5.41) is 0. The van der Waals surface area contributed by atoms with Crippen molar-refractivity contribution in [3.05, 3.63) is 0 Å². The first-order valence-electron chi connectivity index (χ1n) is 12.4. The summed E-state index contributed by atoms with van der Waals surface area (Å²) in [6.45, 7) is 15.4. The van der Waals surface area contributed by atoms with Crippen molar-refractivity contribution in [2.75, 3.05) is 0 Å². The molecule has 0 aromatic heterocycles. The van der Waals surface area contributed by atoms with Crippen LogP contribution >= 0.6 is 0 Å². The van der Waals surface area contributed by atoms with Gasteiger partial charge in [0.25, 0.3) is 0 Å². The van der Waals surface area contributed by atoms with E-state index in [4.69, 9.17) is 0 Å². The molecule has 4 aliphatic carbocycles. The normalized spacial score (nSPS) is 41.0. The van der Waals surface area contributed by atoms with Crippen LogP contribution in [0.3, 0.4) is 0 Å². The van der Waals surface area contributed by atoms with Gasteiger partial charge in [0.1, 0.15) is 0 Å². The number of fused-ring (bicyclic) bond motifs is 5. The summed E-state index contributed by atoms with van der Waals surface area (Å²) < 4.78 is 0. The van der Waals surface area contributed by atoms with Crippen molar-refractivity contribution in [2.24, 2.45) is 39.9 Å². The van der Waals surface area contributed by atoms with Crippen molar-refractivity contribution in [3.63, 3.8) is 0 Å². The van der Waals surface area contributed by atoms with Gasteiger partial charge < -0.3 is 0 Å². The van der Waals surface area contributed by atoms with Crippen LogP contribution < -0.4 is 0 Å². The molecular weight excluding hydrogens is 312 g/mol. The van der Waals surface area contributed by atoms with Crippen molar-refractivity contribution < 1.29 is 0 Å². The second-order valence-electron chi connectivity index (χ2n) is 11.1. The lowest BCUT2D eigenvalue weighted by Crippen LogP contribution is -2.51. The quantitative estimate of drug-likeness (QED) is 0.444. The van der Waals surface area contributed by atoms with Crippen molar-refractivity contribution in [1.29, 1.82) is 0 Å². The highest BCUT2D eigenvalue weighted by atomic mass is 14.6. The molecule has 4 aliphatic rings. The van der Waals surface area contributed by atoms with E-state index < -0.39 is 0 Å². The summed E-state index contributed by atoms with van der Waals surface area (Å²) in [5.74, 6) is 3.92. The maximum atomic E-state index is 2.68. The number of hydrogen-bond donors (Lipinski definition) is 0. The Morgan fingerprint density at radius 2 is 1.54 bits per heavy atom. The zero-order valence-electron chi connectivity index (χ0n) is 19.0. The minimum absolute atomic E-state index is 0.591. The molecule has 0 nitrogen and oxygen atoms in total. The smallest absolute Gasteiger partial charge is 0.0210 e. The molecule has 5 unspecified atom stereocenters. The monoisotopic (exact) mass is 360 g/mol. The lowest BCUT2D eigenvalue weighted by Gasteiger charge is -2.59. The molecule has 0 radical (unpaired) electrons. The van der Waals surface area contributed by atoms with Gasteiger partial charge in [0.2, 0.25) is 0 Å². The van der Waals surface area contributed by atoms with Gasteiger partial charge in [-0.25, -0.2) is 0 Å². The minimum atomic E-state index is 0.591. The Morgan fingerprint density at radius 1 is 0.885 bits per heavy atom. The molecule has 0 amide bonds. The third kappa shape index (κ3) is 3.00. The first-order valence-corrected chi connectivity index (χ1v) is 12.4. The molecular formula is C26H48. The van der Waals surface area contributed by atoms with Gasteiger partial charge in [-0.1, -0.05) is 67.2 Å². The van der Waals surface area contributed by atoms with Crippen molar-refractivity contribution in [3.8, 4) is 0 Å². The Hall–Kier alpha value is 0. The SMILES string of the molecule is CCC(CC)C(CC)(CC)C12CCCC(C)(CC(C)CC1)C1CCC2C1. The van der Waals surface area contributed by atoms with Gasteiger partial charge >= 0.3 is 0 Å². The van der Waals surface area contributed by atoms with Crippen molar-refractivity contribution >= 4 is 0 Å². The van der Waals surface area contributed by atoms with Gasteiger partial charge in [-0.2, -0.15) is 0 Å². The predicted octanol–water partition coefficient (Wildman–Crippen LogP) is 8.64.